The summed E-state index contributed by atoms with van der Waals surface area (Å²) in [7, 11) is 0. The smallest absolute Gasteiger partial charge is 0.0946 e. The summed E-state index contributed by atoms with van der Waals surface area (Å²) in [6, 6.07) is 0. The van der Waals surface area contributed by atoms with Gasteiger partial charge in [0.1, 0.15) is 0 Å². The summed E-state index contributed by atoms with van der Waals surface area (Å²) in [6.07, 6.45) is 11.4. The summed E-state index contributed by atoms with van der Waals surface area (Å²) in [4.78, 5) is 6.63. The van der Waals surface area contributed by atoms with Crippen molar-refractivity contribution in [2.24, 2.45) is 0 Å². The molecular formula is C11H19N3. The lowest BCUT2D eigenvalue weighted by molar-refractivity contribution is 0.273. The number of nitrogens with zero attached hydrogens (tertiary/aromatic N) is 3. The first-order valence-corrected chi connectivity index (χ1v) is 5.63. The molecule has 3 nitrogen and oxygen atoms in total. The van der Waals surface area contributed by atoms with E-state index in [1.807, 2.05) is 18.7 Å². The highest BCUT2D eigenvalue weighted by atomic mass is 15.1. The molecule has 78 valence electrons. The van der Waals surface area contributed by atoms with Crippen molar-refractivity contribution >= 4 is 0 Å². The van der Waals surface area contributed by atoms with E-state index in [2.05, 4.69) is 14.5 Å². The largest absolute Gasteiger partial charge is 0.336 e. The number of aromatic nitrogens is 2. The lowest BCUT2D eigenvalue weighted by atomic mass is 10.2. The molecule has 0 aliphatic carbocycles. The number of rotatable bonds is 3. The zero-order chi connectivity index (χ0) is 9.64. The molecule has 0 spiro atoms. The molecule has 0 unspecified atom stereocenters. The molecule has 1 saturated heterocycles. The Kier molecular flexibility index (Phi) is 3.57. The Bertz CT molecular complexity index is 235. The maximum Gasteiger partial charge on any atom is 0.0946 e. The minimum Gasteiger partial charge on any atom is -0.336 e. The van der Waals surface area contributed by atoms with Crippen molar-refractivity contribution in [2.45, 2.75) is 32.2 Å². The van der Waals surface area contributed by atoms with E-state index in [-0.39, 0.29) is 0 Å². The molecule has 0 aromatic carbocycles. The zero-order valence-corrected chi connectivity index (χ0v) is 8.73. The van der Waals surface area contributed by atoms with Gasteiger partial charge in [0.15, 0.2) is 0 Å². The fourth-order valence-electron chi connectivity index (χ4n) is 2.04. The third-order valence-electron chi connectivity index (χ3n) is 2.93. The van der Waals surface area contributed by atoms with Crippen LogP contribution in [-0.4, -0.2) is 34.1 Å². The van der Waals surface area contributed by atoms with Crippen LogP contribution in [0.15, 0.2) is 18.7 Å². The molecule has 14 heavy (non-hydrogen) atoms. The molecule has 0 bridgehead atoms. The maximum absolute atomic E-state index is 4.05. The Labute approximate surface area is 85.7 Å². The maximum atomic E-state index is 4.05. The minimum absolute atomic E-state index is 1.08. The first kappa shape index (κ1) is 9.71. The molecule has 3 heteroatoms. The SMILES string of the molecule is c1cn(CCN2CCCCCC2)cn1. The van der Waals surface area contributed by atoms with E-state index >= 15 is 0 Å². The molecule has 0 amide bonds. The minimum atomic E-state index is 1.08. The van der Waals surface area contributed by atoms with Gasteiger partial charge in [-0.05, 0) is 25.9 Å². The topological polar surface area (TPSA) is 21.1 Å². The second-order valence-corrected chi connectivity index (χ2v) is 4.06. The molecule has 0 N–H and O–H groups in total. The van der Waals surface area contributed by atoms with E-state index in [0.29, 0.717) is 0 Å². The molecule has 1 aliphatic rings. The van der Waals surface area contributed by atoms with Gasteiger partial charge in [-0.3, -0.25) is 0 Å². The quantitative estimate of drug-likeness (QED) is 0.729. The van der Waals surface area contributed by atoms with Crippen LogP contribution in [-0.2, 0) is 6.54 Å². The molecular weight excluding hydrogens is 174 g/mol. The van der Waals surface area contributed by atoms with Gasteiger partial charge in [-0.15, -0.1) is 0 Å². The lowest BCUT2D eigenvalue weighted by Gasteiger charge is -2.19. The van der Waals surface area contributed by atoms with Crippen LogP contribution in [0.1, 0.15) is 25.7 Å². The third-order valence-corrected chi connectivity index (χ3v) is 2.93. The van der Waals surface area contributed by atoms with Crippen molar-refractivity contribution in [3.05, 3.63) is 18.7 Å². The fraction of sp³-hybridized carbons (Fsp3) is 0.727. The summed E-state index contributed by atoms with van der Waals surface area (Å²) < 4.78 is 2.16. The van der Waals surface area contributed by atoms with Crippen LogP contribution in [0, 0.1) is 0 Å². The van der Waals surface area contributed by atoms with Gasteiger partial charge in [0.25, 0.3) is 0 Å². The molecule has 2 heterocycles. The van der Waals surface area contributed by atoms with Crippen molar-refractivity contribution in [2.75, 3.05) is 19.6 Å². The fourth-order valence-corrected chi connectivity index (χ4v) is 2.04. The molecule has 2 rings (SSSR count). The Morgan fingerprint density at radius 2 is 1.79 bits per heavy atom. The monoisotopic (exact) mass is 193 g/mol. The molecule has 1 aliphatic heterocycles. The predicted octanol–water partition coefficient (Wildman–Crippen LogP) is 1.76. The van der Waals surface area contributed by atoms with Crippen LogP contribution in [0.4, 0.5) is 0 Å². The normalized spacial score (nSPS) is 19.4. The summed E-state index contributed by atoms with van der Waals surface area (Å²) in [5.41, 5.74) is 0. The Morgan fingerprint density at radius 1 is 1.00 bits per heavy atom. The number of imidazole rings is 1. The molecule has 0 saturated carbocycles. The summed E-state index contributed by atoms with van der Waals surface area (Å²) >= 11 is 0. The van der Waals surface area contributed by atoms with Crippen molar-refractivity contribution in [3.63, 3.8) is 0 Å². The van der Waals surface area contributed by atoms with E-state index in [1.54, 1.807) is 0 Å². The van der Waals surface area contributed by atoms with Gasteiger partial charge in [0.2, 0.25) is 0 Å². The molecule has 1 fully saturated rings. The van der Waals surface area contributed by atoms with E-state index < -0.39 is 0 Å². The number of hydrogen-bond acceptors (Lipinski definition) is 2. The average molecular weight is 193 g/mol. The highest BCUT2D eigenvalue weighted by Gasteiger charge is 2.07. The van der Waals surface area contributed by atoms with Crippen LogP contribution in [0.3, 0.4) is 0 Å². The Morgan fingerprint density at radius 3 is 2.43 bits per heavy atom. The Balaban J connectivity index is 1.73. The van der Waals surface area contributed by atoms with Crippen molar-refractivity contribution in [1.82, 2.24) is 14.5 Å². The second-order valence-electron chi connectivity index (χ2n) is 4.06. The highest BCUT2D eigenvalue weighted by molar-refractivity contribution is 4.75. The van der Waals surface area contributed by atoms with Gasteiger partial charge in [0.05, 0.1) is 6.33 Å². The summed E-state index contributed by atoms with van der Waals surface area (Å²) in [5, 5.41) is 0. The van der Waals surface area contributed by atoms with Crippen LogP contribution < -0.4 is 0 Å². The molecule has 0 atom stereocenters. The Hall–Kier alpha value is -0.830. The van der Waals surface area contributed by atoms with E-state index in [0.717, 1.165) is 6.54 Å². The number of likely N-dealkylation sites (tertiary alicyclic amines) is 1. The van der Waals surface area contributed by atoms with Crippen molar-refractivity contribution < 1.29 is 0 Å². The van der Waals surface area contributed by atoms with Crippen LogP contribution >= 0.6 is 0 Å². The number of hydrogen-bond donors (Lipinski definition) is 0. The van der Waals surface area contributed by atoms with E-state index in [9.17, 15) is 0 Å². The molecule has 1 aromatic rings. The van der Waals surface area contributed by atoms with E-state index in [1.165, 1.54) is 45.3 Å². The van der Waals surface area contributed by atoms with Crippen LogP contribution in [0.5, 0.6) is 0 Å². The van der Waals surface area contributed by atoms with Gasteiger partial charge >= 0.3 is 0 Å². The van der Waals surface area contributed by atoms with Crippen LogP contribution in [0.2, 0.25) is 0 Å². The van der Waals surface area contributed by atoms with Gasteiger partial charge in [-0.1, -0.05) is 12.8 Å². The average Bonchev–Trinajstić information content (AvgIpc) is 2.58. The van der Waals surface area contributed by atoms with Gasteiger partial charge < -0.3 is 9.47 Å². The van der Waals surface area contributed by atoms with Crippen molar-refractivity contribution in [3.8, 4) is 0 Å². The first-order chi connectivity index (χ1) is 6.95. The summed E-state index contributed by atoms with van der Waals surface area (Å²) in [6.45, 7) is 4.83. The second kappa shape index (κ2) is 5.15. The first-order valence-electron chi connectivity index (χ1n) is 5.63. The van der Waals surface area contributed by atoms with Crippen LogP contribution in [0.25, 0.3) is 0 Å². The molecule has 0 radical (unpaired) electrons. The predicted molar refractivity (Wildman–Crippen MR) is 57.1 cm³/mol. The van der Waals surface area contributed by atoms with Crippen molar-refractivity contribution in [1.29, 1.82) is 0 Å². The molecule has 1 aromatic heterocycles. The van der Waals surface area contributed by atoms with Gasteiger partial charge in [-0.25, -0.2) is 4.98 Å². The standard InChI is InChI=1S/C11H19N3/c1-2-4-7-13(6-3-1)9-10-14-8-5-12-11-14/h5,8,11H,1-4,6-7,9-10H2. The highest BCUT2D eigenvalue weighted by Crippen LogP contribution is 2.09. The summed E-state index contributed by atoms with van der Waals surface area (Å²) in [5.74, 6) is 0. The lowest BCUT2D eigenvalue weighted by Crippen LogP contribution is -2.28. The van der Waals surface area contributed by atoms with E-state index in [4.69, 9.17) is 0 Å². The van der Waals surface area contributed by atoms with Gasteiger partial charge in [-0.2, -0.15) is 0 Å². The third kappa shape index (κ3) is 2.84. The zero-order valence-electron chi connectivity index (χ0n) is 8.73. The van der Waals surface area contributed by atoms with Gasteiger partial charge in [0, 0.05) is 25.5 Å².